The van der Waals surface area contributed by atoms with Gasteiger partial charge in [0.2, 0.25) is 0 Å². The van der Waals surface area contributed by atoms with Crippen LogP contribution in [0.3, 0.4) is 0 Å². The van der Waals surface area contributed by atoms with Crippen LogP contribution in [0.2, 0.25) is 18.1 Å². The van der Waals surface area contributed by atoms with Crippen molar-refractivity contribution in [2.45, 2.75) is 51.9 Å². The quantitative estimate of drug-likeness (QED) is 0.544. The van der Waals surface area contributed by atoms with Crippen molar-refractivity contribution in [1.29, 1.82) is 0 Å². The Balaban J connectivity index is 4.39. The van der Waals surface area contributed by atoms with E-state index in [2.05, 4.69) is 39.8 Å². The molecule has 0 rings (SSSR count). The van der Waals surface area contributed by atoms with Crippen molar-refractivity contribution in [2.75, 3.05) is 13.7 Å². The molecule has 0 spiro atoms. The van der Waals surface area contributed by atoms with Gasteiger partial charge in [0.05, 0.1) is 12.7 Å². The van der Waals surface area contributed by atoms with E-state index in [1.165, 1.54) is 0 Å². The predicted octanol–water partition coefficient (Wildman–Crippen LogP) is 3.29. The first-order valence-electron chi connectivity index (χ1n) is 5.78. The molecule has 2 atom stereocenters. The normalized spacial score (nSPS) is 16.6. The van der Waals surface area contributed by atoms with Gasteiger partial charge in [-0.05, 0) is 25.1 Å². The van der Waals surface area contributed by atoms with E-state index in [9.17, 15) is 0 Å². The van der Waals surface area contributed by atoms with E-state index in [4.69, 9.17) is 15.6 Å². The second kappa shape index (κ2) is 5.86. The number of methoxy groups -OCH3 is 1. The third-order valence-electron chi connectivity index (χ3n) is 3.54. The summed E-state index contributed by atoms with van der Waals surface area (Å²) in [5, 5.41) is 0.227. The van der Waals surface area contributed by atoms with Crippen LogP contribution in [0.4, 0.5) is 0 Å². The Kier molecular flexibility index (Phi) is 5.75. The third-order valence-corrected chi connectivity index (χ3v) is 8.04. The van der Waals surface area contributed by atoms with Crippen LogP contribution in [-0.2, 0) is 9.16 Å². The average molecular weight is 242 g/mol. The van der Waals surface area contributed by atoms with Crippen molar-refractivity contribution >= 4 is 8.32 Å². The molecule has 0 aromatic rings. The molecule has 0 radical (unpaired) electrons. The van der Waals surface area contributed by atoms with E-state index in [0.29, 0.717) is 6.61 Å². The summed E-state index contributed by atoms with van der Waals surface area (Å²) in [4.78, 5) is 0. The molecule has 0 fully saturated rings. The van der Waals surface area contributed by atoms with Crippen molar-refractivity contribution in [3.05, 3.63) is 0 Å². The molecule has 0 heterocycles. The van der Waals surface area contributed by atoms with Crippen molar-refractivity contribution < 1.29 is 9.16 Å². The van der Waals surface area contributed by atoms with Crippen molar-refractivity contribution in [3.63, 3.8) is 0 Å². The Morgan fingerprint density at radius 1 is 1.31 bits per heavy atom. The molecule has 0 bridgehead atoms. The second-order valence-electron chi connectivity index (χ2n) is 5.80. The summed E-state index contributed by atoms with van der Waals surface area (Å²) in [6, 6.07) is 0. The third kappa shape index (κ3) is 4.29. The first kappa shape index (κ1) is 15.7. The zero-order chi connectivity index (χ0) is 13.0. The first-order chi connectivity index (χ1) is 7.15. The van der Waals surface area contributed by atoms with Crippen LogP contribution in [0, 0.1) is 18.3 Å². The Labute approximate surface area is 102 Å². The van der Waals surface area contributed by atoms with Gasteiger partial charge in [-0.1, -0.05) is 20.8 Å². The molecule has 0 N–H and O–H groups in total. The van der Waals surface area contributed by atoms with Gasteiger partial charge in [0.25, 0.3) is 0 Å². The van der Waals surface area contributed by atoms with E-state index in [1.807, 2.05) is 6.92 Å². The van der Waals surface area contributed by atoms with Gasteiger partial charge in [0.1, 0.15) is 0 Å². The highest BCUT2D eigenvalue weighted by Crippen LogP contribution is 2.36. The maximum atomic E-state index is 6.09. The van der Waals surface area contributed by atoms with Gasteiger partial charge in [0.15, 0.2) is 8.32 Å². The summed E-state index contributed by atoms with van der Waals surface area (Å²) in [5.74, 6) is 2.79. The van der Waals surface area contributed by atoms with Crippen molar-refractivity contribution in [3.8, 4) is 12.3 Å². The van der Waals surface area contributed by atoms with E-state index < -0.39 is 8.32 Å². The maximum Gasteiger partial charge on any atom is 0.192 e. The molecule has 0 aromatic heterocycles. The zero-order valence-electron chi connectivity index (χ0n) is 11.8. The van der Waals surface area contributed by atoms with Crippen LogP contribution >= 0.6 is 0 Å². The minimum Gasteiger partial charge on any atom is -0.414 e. The molecule has 0 saturated heterocycles. The van der Waals surface area contributed by atoms with Crippen LogP contribution in [-0.4, -0.2) is 28.1 Å². The predicted molar refractivity (Wildman–Crippen MR) is 71.9 cm³/mol. The van der Waals surface area contributed by atoms with E-state index in [1.54, 1.807) is 7.11 Å². The van der Waals surface area contributed by atoms with Gasteiger partial charge < -0.3 is 9.16 Å². The molecule has 94 valence electrons. The van der Waals surface area contributed by atoms with Crippen LogP contribution in [0.15, 0.2) is 0 Å². The fourth-order valence-corrected chi connectivity index (χ4v) is 2.04. The lowest BCUT2D eigenvalue weighted by Crippen LogP contribution is -2.43. The SMILES string of the molecule is C#C[C@H](C)[C@H](CO[Si](C)(C)C(C)(C)C)OC. The fraction of sp³-hybridized carbons (Fsp3) is 0.846. The number of hydrogen-bond donors (Lipinski definition) is 0. The highest BCUT2D eigenvalue weighted by molar-refractivity contribution is 6.74. The lowest BCUT2D eigenvalue weighted by molar-refractivity contribution is 0.0320. The van der Waals surface area contributed by atoms with Crippen molar-refractivity contribution in [1.82, 2.24) is 0 Å². The lowest BCUT2D eigenvalue weighted by atomic mass is 10.1. The van der Waals surface area contributed by atoms with Crippen molar-refractivity contribution in [2.24, 2.45) is 5.92 Å². The standard InChI is InChI=1S/C13H26O2Si/c1-9-11(2)12(14-6)10-15-16(7,8)13(3,4)5/h1,11-12H,10H2,2-8H3/t11-,12-/m0/s1. The summed E-state index contributed by atoms with van der Waals surface area (Å²) < 4.78 is 11.5. The zero-order valence-corrected chi connectivity index (χ0v) is 12.8. The molecule has 0 aliphatic heterocycles. The topological polar surface area (TPSA) is 18.5 Å². The number of hydrogen-bond acceptors (Lipinski definition) is 2. The molecule has 3 heteroatoms. The number of terminal acetylenes is 1. The summed E-state index contributed by atoms with van der Waals surface area (Å²) >= 11 is 0. The van der Waals surface area contributed by atoms with Gasteiger partial charge in [-0.25, -0.2) is 0 Å². The molecule has 16 heavy (non-hydrogen) atoms. The molecule has 0 aromatic carbocycles. The maximum absolute atomic E-state index is 6.09. The fourth-order valence-electron chi connectivity index (χ4n) is 1.03. The second-order valence-corrected chi connectivity index (χ2v) is 10.6. The summed E-state index contributed by atoms with van der Waals surface area (Å²) in [5.41, 5.74) is 0. The Morgan fingerprint density at radius 3 is 2.12 bits per heavy atom. The molecule has 0 aliphatic carbocycles. The van der Waals surface area contributed by atoms with E-state index in [0.717, 1.165) is 0 Å². The van der Waals surface area contributed by atoms with Crippen LogP contribution in [0.25, 0.3) is 0 Å². The number of ether oxygens (including phenoxy) is 1. The average Bonchev–Trinajstić information content (AvgIpc) is 2.16. The minimum atomic E-state index is -1.69. The molecule has 0 amide bonds. The lowest BCUT2D eigenvalue weighted by Gasteiger charge is -2.37. The molecular weight excluding hydrogens is 216 g/mol. The summed E-state index contributed by atoms with van der Waals surface area (Å²) in [6.07, 6.45) is 5.40. The smallest absolute Gasteiger partial charge is 0.192 e. The van der Waals surface area contributed by atoms with Gasteiger partial charge >= 0.3 is 0 Å². The largest absolute Gasteiger partial charge is 0.414 e. The Morgan fingerprint density at radius 2 is 1.81 bits per heavy atom. The van der Waals surface area contributed by atoms with Gasteiger partial charge in [-0.15, -0.1) is 12.3 Å². The van der Waals surface area contributed by atoms with Crippen LogP contribution < -0.4 is 0 Å². The molecule has 0 saturated carbocycles. The number of rotatable bonds is 5. The molecule has 0 unspecified atom stereocenters. The summed E-state index contributed by atoms with van der Waals surface area (Å²) in [6.45, 7) is 13.7. The van der Waals surface area contributed by atoms with Gasteiger partial charge in [-0.2, -0.15) is 0 Å². The highest BCUT2D eigenvalue weighted by atomic mass is 28.4. The highest BCUT2D eigenvalue weighted by Gasteiger charge is 2.37. The van der Waals surface area contributed by atoms with Gasteiger partial charge in [-0.3, -0.25) is 0 Å². The Bertz CT molecular complexity index is 248. The molecule has 0 aliphatic rings. The van der Waals surface area contributed by atoms with E-state index >= 15 is 0 Å². The van der Waals surface area contributed by atoms with E-state index in [-0.39, 0.29) is 17.1 Å². The Hall–Kier alpha value is -0.303. The van der Waals surface area contributed by atoms with Crippen LogP contribution in [0.1, 0.15) is 27.7 Å². The monoisotopic (exact) mass is 242 g/mol. The molecule has 2 nitrogen and oxygen atoms in total. The minimum absolute atomic E-state index is 0.000810. The van der Waals surface area contributed by atoms with Gasteiger partial charge in [0, 0.05) is 13.0 Å². The first-order valence-corrected chi connectivity index (χ1v) is 8.69. The molecular formula is C13H26O2Si. The van der Waals surface area contributed by atoms with Crippen LogP contribution in [0.5, 0.6) is 0 Å². The summed E-state index contributed by atoms with van der Waals surface area (Å²) in [7, 11) is -0.00315.